The smallest absolute Gasteiger partial charge is 0.251 e. The zero-order valence-corrected chi connectivity index (χ0v) is 12.8. The van der Waals surface area contributed by atoms with Gasteiger partial charge in [0.2, 0.25) is 0 Å². The van der Waals surface area contributed by atoms with E-state index >= 15 is 0 Å². The highest BCUT2D eigenvalue weighted by atomic mass is 35.5. The molecule has 0 bridgehead atoms. The van der Waals surface area contributed by atoms with E-state index in [1.807, 2.05) is 24.3 Å². The summed E-state index contributed by atoms with van der Waals surface area (Å²) in [6.07, 6.45) is 2.35. The Kier molecular flexibility index (Phi) is 5.86. The second-order valence-electron chi connectivity index (χ2n) is 5.42. The van der Waals surface area contributed by atoms with Crippen LogP contribution in [0.1, 0.15) is 35.7 Å². The summed E-state index contributed by atoms with van der Waals surface area (Å²) < 4.78 is 0. The molecule has 1 aromatic rings. The Hall–Kier alpha value is -1.06. The van der Waals surface area contributed by atoms with Crippen LogP contribution in [0.4, 0.5) is 0 Å². The van der Waals surface area contributed by atoms with E-state index in [9.17, 15) is 4.79 Å². The van der Waals surface area contributed by atoms with Gasteiger partial charge in [0.15, 0.2) is 0 Å². The van der Waals surface area contributed by atoms with Crippen LogP contribution in [0.5, 0.6) is 0 Å². The van der Waals surface area contributed by atoms with Gasteiger partial charge in [-0.2, -0.15) is 0 Å². The molecule has 1 saturated heterocycles. The van der Waals surface area contributed by atoms with Gasteiger partial charge in [-0.15, -0.1) is 11.6 Å². The third-order valence-electron chi connectivity index (χ3n) is 4.05. The molecule has 0 spiro atoms. The van der Waals surface area contributed by atoms with Gasteiger partial charge in [-0.25, -0.2) is 0 Å². The first-order valence-corrected chi connectivity index (χ1v) is 7.91. The van der Waals surface area contributed by atoms with Crippen LogP contribution in [0.3, 0.4) is 0 Å². The molecule has 20 heavy (non-hydrogen) atoms. The number of nitrogens with zero attached hydrogens (tertiary/aromatic N) is 1. The number of likely N-dealkylation sites (tertiary alicyclic amines) is 1. The van der Waals surface area contributed by atoms with E-state index in [2.05, 4.69) is 17.1 Å². The maximum absolute atomic E-state index is 12.1. The Morgan fingerprint density at radius 2 is 2.15 bits per heavy atom. The highest BCUT2D eigenvalue weighted by Gasteiger charge is 2.18. The molecule has 1 heterocycles. The summed E-state index contributed by atoms with van der Waals surface area (Å²) >= 11 is 5.79. The van der Waals surface area contributed by atoms with Crippen LogP contribution in [-0.2, 0) is 5.88 Å². The lowest BCUT2D eigenvalue weighted by Crippen LogP contribution is -2.38. The van der Waals surface area contributed by atoms with E-state index in [4.69, 9.17) is 11.6 Å². The van der Waals surface area contributed by atoms with Crippen molar-refractivity contribution < 1.29 is 4.79 Å². The van der Waals surface area contributed by atoms with Gasteiger partial charge in [-0.05, 0) is 56.1 Å². The third kappa shape index (κ3) is 4.22. The highest BCUT2D eigenvalue weighted by molar-refractivity contribution is 6.17. The molecule has 0 radical (unpaired) electrons. The summed E-state index contributed by atoms with van der Waals surface area (Å²) in [5, 5.41) is 3.05. The number of hydrogen-bond acceptors (Lipinski definition) is 2. The summed E-state index contributed by atoms with van der Waals surface area (Å²) in [6, 6.07) is 7.52. The normalized spacial score (nSPS) is 17.1. The summed E-state index contributed by atoms with van der Waals surface area (Å²) in [5.41, 5.74) is 1.68. The second kappa shape index (κ2) is 7.65. The minimum Gasteiger partial charge on any atom is -0.352 e. The van der Waals surface area contributed by atoms with E-state index < -0.39 is 0 Å². The van der Waals surface area contributed by atoms with E-state index in [1.165, 1.54) is 12.8 Å². The number of rotatable bonds is 5. The molecular weight excluding hydrogens is 272 g/mol. The Morgan fingerprint density at radius 3 is 2.80 bits per heavy atom. The first-order chi connectivity index (χ1) is 9.72. The molecule has 0 saturated carbocycles. The monoisotopic (exact) mass is 294 g/mol. The molecule has 1 fully saturated rings. The fraction of sp³-hybridized carbons (Fsp3) is 0.562. The Labute approximate surface area is 126 Å². The van der Waals surface area contributed by atoms with Gasteiger partial charge >= 0.3 is 0 Å². The summed E-state index contributed by atoms with van der Waals surface area (Å²) in [4.78, 5) is 14.6. The lowest BCUT2D eigenvalue weighted by atomic mass is 9.96. The van der Waals surface area contributed by atoms with Crippen molar-refractivity contribution in [2.24, 2.45) is 5.92 Å². The van der Waals surface area contributed by atoms with Gasteiger partial charge in [0, 0.05) is 18.0 Å². The number of amides is 1. The number of benzene rings is 1. The molecule has 0 unspecified atom stereocenters. The fourth-order valence-electron chi connectivity index (χ4n) is 2.64. The first-order valence-electron chi connectivity index (χ1n) is 7.38. The zero-order chi connectivity index (χ0) is 14.4. The van der Waals surface area contributed by atoms with Crippen molar-refractivity contribution in [3.8, 4) is 0 Å². The van der Waals surface area contributed by atoms with Gasteiger partial charge < -0.3 is 10.2 Å². The standard InChI is InChI=1S/C16H23ClN2O/c1-2-19-8-6-13(7-9-19)12-18-16(20)15-5-3-4-14(10-15)11-17/h3-5,10,13H,2,6-9,11-12H2,1H3,(H,18,20). The van der Waals surface area contributed by atoms with Gasteiger partial charge in [-0.1, -0.05) is 19.1 Å². The molecule has 1 amide bonds. The topological polar surface area (TPSA) is 32.3 Å². The van der Waals surface area contributed by atoms with Crippen LogP contribution < -0.4 is 5.32 Å². The molecule has 1 aromatic carbocycles. The predicted molar refractivity (Wildman–Crippen MR) is 83.2 cm³/mol. The minimum absolute atomic E-state index is 0.00916. The van der Waals surface area contributed by atoms with Crippen LogP contribution in [-0.4, -0.2) is 37.0 Å². The first kappa shape index (κ1) is 15.3. The van der Waals surface area contributed by atoms with Crippen molar-refractivity contribution in [3.63, 3.8) is 0 Å². The largest absolute Gasteiger partial charge is 0.352 e. The molecule has 0 aromatic heterocycles. The SMILES string of the molecule is CCN1CCC(CNC(=O)c2cccc(CCl)c2)CC1. The average molecular weight is 295 g/mol. The van der Waals surface area contributed by atoms with E-state index in [1.54, 1.807) is 0 Å². The molecule has 0 atom stereocenters. The van der Waals surface area contributed by atoms with Crippen molar-refractivity contribution in [2.45, 2.75) is 25.6 Å². The number of piperidine rings is 1. The third-order valence-corrected chi connectivity index (χ3v) is 4.36. The van der Waals surface area contributed by atoms with Crippen LogP contribution >= 0.6 is 11.6 Å². The minimum atomic E-state index is 0.00916. The fourth-order valence-corrected chi connectivity index (χ4v) is 2.81. The lowest BCUT2D eigenvalue weighted by molar-refractivity contribution is 0.0937. The molecule has 110 valence electrons. The predicted octanol–water partition coefficient (Wildman–Crippen LogP) is 2.89. The second-order valence-corrected chi connectivity index (χ2v) is 5.69. The molecule has 4 heteroatoms. The van der Waals surface area contributed by atoms with Crippen LogP contribution in [0, 0.1) is 5.92 Å². The number of alkyl halides is 1. The summed E-state index contributed by atoms with van der Waals surface area (Å²) in [7, 11) is 0. The lowest BCUT2D eigenvalue weighted by Gasteiger charge is -2.31. The van der Waals surface area contributed by atoms with Crippen molar-refractivity contribution in [2.75, 3.05) is 26.2 Å². The number of carbonyl (C=O) groups excluding carboxylic acids is 1. The Balaban J connectivity index is 1.80. The number of halogens is 1. The Morgan fingerprint density at radius 1 is 1.40 bits per heavy atom. The summed E-state index contributed by atoms with van der Waals surface area (Å²) in [6.45, 7) is 6.41. The Bertz CT molecular complexity index is 442. The molecule has 1 N–H and O–H groups in total. The van der Waals surface area contributed by atoms with Gasteiger partial charge in [-0.3, -0.25) is 4.79 Å². The van der Waals surface area contributed by atoms with E-state index in [-0.39, 0.29) is 5.91 Å². The van der Waals surface area contributed by atoms with Crippen LogP contribution in [0.15, 0.2) is 24.3 Å². The number of nitrogens with one attached hydrogen (secondary N) is 1. The van der Waals surface area contributed by atoms with Crippen LogP contribution in [0.2, 0.25) is 0 Å². The molecule has 1 aliphatic heterocycles. The quantitative estimate of drug-likeness (QED) is 0.847. The average Bonchev–Trinajstić information content (AvgIpc) is 2.53. The van der Waals surface area contributed by atoms with Gasteiger partial charge in [0.05, 0.1) is 0 Å². The van der Waals surface area contributed by atoms with Crippen LogP contribution in [0.25, 0.3) is 0 Å². The zero-order valence-electron chi connectivity index (χ0n) is 12.1. The maximum Gasteiger partial charge on any atom is 0.251 e. The van der Waals surface area contributed by atoms with E-state index in [0.717, 1.165) is 31.7 Å². The van der Waals surface area contributed by atoms with Gasteiger partial charge in [0.1, 0.15) is 0 Å². The number of hydrogen-bond donors (Lipinski definition) is 1. The number of carbonyl (C=O) groups is 1. The molecule has 0 aliphatic carbocycles. The molecule has 1 aliphatic rings. The summed E-state index contributed by atoms with van der Waals surface area (Å²) in [5.74, 6) is 1.06. The van der Waals surface area contributed by atoms with Gasteiger partial charge in [0.25, 0.3) is 5.91 Å². The maximum atomic E-state index is 12.1. The molecular formula is C16H23ClN2O. The van der Waals surface area contributed by atoms with E-state index in [0.29, 0.717) is 17.4 Å². The van der Waals surface area contributed by atoms with Crippen molar-refractivity contribution in [1.29, 1.82) is 0 Å². The van der Waals surface area contributed by atoms with Crippen molar-refractivity contribution >= 4 is 17.5 Å². The van der Waals surface area contributed by atoms with Crippen molar-refractivity contribution in [1.82, 2.24) is 10.2 Å². The van der Waals surface area contributed by atoms with Crippen molar-refractivity contribution in [3.05, 3.63) is 35.4 Å². The molecule has 3 nitrogen and oxygen atoms in total. The highest BCUT2D eigenvalue weighted by Crippen LogP contribution is 2.16. The molecule has 2 rings (SSSR count).